The molecule has 0 unspecified atom stereocenters. The van der Waals surface area contributed by atoms with Crippen LogP contribution in [0.4, 0.5) is 5.69 Å². The minimum Gasteiger partial charge on any atom is -0.494 e. The monoisotopic (exact) mass is 418 g/mol. The quantitative estimate of drug-likeness (QED) is 0.687. The van der Waals surface area contributed by atoms with Gasteiger partial charge in [0.15, 0.2) is 0 Å². The Kier molecular flexibility index (Phi) is 6.70. The predicted octanol–water partition coefficient (Wildman–Crippen LogP) is 3.61. The molecular formula is C22H30N2O4S. The summed E-state index contributed by atoms with van der Waals surface area (Å²) in [6.45, 7) is 10.8. The Bertz CT molecular complexity index is 951. The van der Waals surface area contributed by atoms with Crippen LogP contribution < -0.4 is 14.4 Å². The molecule has 1 heterocycles. The number of ether oxygens (including phenoxy) is 2. The Morgan fingerprint density at radius 3 is 2.14 bits per heavy atom. The van der Waals surface area contributed by atoms with Gasteiger partial charge in [-0.15, -0.1) is 0 Å². The molecule has 1 fully saturated rings. The van der Waals surface area contributed by atoms with Crippen molar-refractivity contribution in [3.05, 3.63) is 47.5 Å². The molecule has 0 amide bonds. The number of hydrogen-bond acceptors (Lipinski definition) is 5. The Morgan fingerprint density at radius 1 is 0.862 bits per heavy atom. The fourth-order valence-corrected chi connectivity index (χ4v) is 5.35. The number of rotatable bonds is 7. The summed E-state index contributed by atoms with van der Waals surface area (Å²) < 4.78 is 39.6. The van der Waals surface area contributed by atoms with Gasteiger partial charge in [-0.25, -0.2) is 8.42 Å². The maximum atomic E-state index is 13.3. The van der Waals surface area contributed by atoms with Crippen LogP contribution in [0.2, 0.25) is 0 Å². The van der Waals surface area contributed by atoms with Crippen molar-refractivity contribution >= 4 is 15.7 Å². The highest BCUT2D eigenvalue weighted by Crippen LogP contribution is 2.31. The van der Waals surface area contributed by atoms with E-state index in [4.69, 9.17) is 9.47 Å². The summed E-state index contributed by atoms with van der Waals surface area (Å²) in [6, 6.07) is 11.4. The van der Waals surface area contributed by atoms with Crippen molar-refractivity contribution in [3.8, 4) is 11.5 Å². The number of piperazine rings is 1. The van der Waals surface area contributed by atoms with Crippen LogP contribution >= 0.6 is 0 Å². The number of aryl methyl sites for hydroxylation is 2. The highest BCUT2D eigenvalue weighted by atomic mass is 32.2. The van der Waals surface area contributed by atoms with Gasteiger partial charge in [0.1, 0.15) is 11.5 Å². The van der Waals surface area contributed by atoms with Crippen LogP contribution in [-0.4, -0.2) is 52.1 Å². The van der Waals surface area contributed by atoms with Crippen LogP contribution in [0, 0.1) is 13.8 Å². The van der Waals surface area contributed by atoms with Gasteiger partial charge in [0.25, 0.3) is 0 Å². The summed E-state index contributed by atoms with van der Waals surface area (Å²) in [5.74, 6) is 1.46. The lowest BCUT2D eigenvalue weighted by Gasteiger charge is -2.36. The highest BCUT2D eigenvalue weighted by Gasteiger charge is 2.31. The van der Waals surface area contributed by atoms with Crippen molar-refractivity contribution in [2.75, 3.05) is 44.3 Å². The molecule has 1 aliphatic heterocycles. The fourth-order valence-electron chi connectivity index (χ4n) is 3.71. The Balaban J connectivity index is 1.80. The summed E-state index contributed by atoms with van der Waals surface area (Å²) in [7, 11) is -3.58. The van der Waals surface area contributed by atoms with Crippen molar-refractivity contribution in [3.63, 3.8) is 0 Å². The summed E-state index contributed by atoms with van der Waals surface area (Å²) in [5, 5.41) is 0. The molecule has 1 saturated heterocycles. The van der Waals surface area contributed by atoms with E-state index in [0.29, 0.717) is 50.0 Å². The first-order chi connectivity index (χ1) is 13.9. The third kappa shape index (κ3) is 4.51. The summed E-state index contributed by atoms with van der Waals surface area (Å²) >= 11 is 0. The zero-order chi connectivity index (χ0) is 21.0. The highest BCUT2D eigenvalue weighted by molar-refractivity contribution is 7.89. The molecule has 0 N–H and O–H groups in total. The van der Waals surface area contributed by atoms with E-state index in [0.717, 1.165) is 22.6 Å². The average Bonchev–Trinajstić information content (AvgIpc) is 2.71. The first-order valence-electron chi connectivity index (χ1n) is 10.1. The molecule has 7 heteroatoms. The lowest BCUT2D eigenvalue weighted by molar-refractivity contribution is 0.335. The number of hydrogen-bond donors (Lipinski definition) is 0. The predicted molar refractivity (Wildman–Crippen MR) is 116 cm³/mol. The average molecular weight is 419 g/mol. The Morgan fingerprint density at radius 2 is 1.48 bits per heavy atom. The van der Waals surface area contributed by atoms with E-state index >= 15 is 0 Å². The van der Waals surface area contributed by atoms with Gasteiger partial charge in [0.2, 0.25) is 10.0 Å². The second kappa shape index (κ2) is 9.05. The Hall–Kier alpha value is -2.25. The molecule has 2 aromatic rings. The van der Waals surface area contributed by atoms with Crippen molar-refractivity contribution < 1.29 is 17.9 Å². The molecule has 0 bridgehead atoms. The molecule has 0 atom stereocenters. The molecular weight excluding hydrogens is 388 g/mol. The third-order valence-electron chi connectivity index (χ3n) is 5.13. The standard InChI is InChI=1S/C22H30N2O4S/c1-5-27-20-10-8-7-9-19(20)23-11-13-24(14-12-23)29(25,26)22-16-21(28-6-2)17(3)15-18(22)4/h7-10,15-16H,5-6,11-14H2,1-4H3. The van der Waals surface area contributed by atoms with Gasteiger partial charge in [-0.1, -0.05) is 18.2 Å². The summed E-state index contributed by atoms with van der Waals surface area (Å²) in [5.41, 5.74) is 2.70. The molecule has 0 aromatic heterocycles. The van der Waals surface area contributed by atoms with E-state index < -0.39 is 10.0 Å². The van der Waals surface area contributed by atoms with Crippen LogP contribution in [0.25, 0.3) is 0 Å². The van der Waals surface area contributed by atoms with Gasteiger partial charge in [0.05, 0.1) is 23.8 Å². The maximum absolute atomic E-state index is 13.3. The second-order valence-electron chi connectivity index (χ2n) is 7.11. The van der Waals surface area contributed by atoms with Gasteiger partial charge in [-0.05, 0) is 51.0 Å². The van der Waals surface area contributed by atoms with Crippen LogP contribution in [0.5, 0.6) is 11.5 Å². The number of nitrogens with zero attached hydrogens (tertiary/aromatic N) is 2. The van der Waals surface area contributed by atoms with E-state index in [2.05, 4.69) is 4.90 Å². The van der Waals surface area contributed by atoms with Crippen LogP contribution in [0.15, 0.2) is 41.3 Å². The maximum Gasteiger partial charge on any atom is 0.243 e. The molecule has 2 aromatic carbocycles. The zero-order valence-electron chi connectivity index (χ0n) is 17.6. The number of sulfonamides is 1. The lowest BCUT2D eigenvalue weighted by Crippen LogP contribution is -2.48. The Labute approximate surface area is 174 Å². The SMILES string of the molecule is CCOc1cc(S(=O)(=O)N2CCN(c3ccccc3OCC)CC2)c(C)cc1C. The number of anilines is 1. The molecule has 6 nitrogen and oxygen atoms in total. The molecule has 1 aliphatic rings. The minimum atomic E-state index is -3.58. The molecule has 29 heavy (non-hydrogen) atoms. The first kappa shape index (κ1) is 21.5. The topological polar surface area (TPSA) is 59.1 Å². The molecule has 158 valence electrons. The van der Waals surface area contributed by atoms with Crippen molar-refractivity contribution in [2.45, 2.75) is 32.6 Å². The van der Waals surface area contributed by atoms with Gasteiger partial charge < -0.3 is 14.4 Å². The second-order valence-corrected chi connectivity index (χ2v) is 9.01. The normalized spacial score (nSPS) is 15.4. The third-order valence-corrected chi connectivity index (χ3v) is 7.18. The van der Waals surface area contributed by atoms with E-state index in [9.17, 15) is 8.42 Å². The molecule has 0 aliphatic carbocycles. The van der Waals surface area contributed by atoms with Crippen LogP contribution in [0.3, 0.4) is 0 Å². The first-order valence-corrected chi connectivity index (χ1v) is 11.5. The van der Waals surface area contributed by atoms with Crippen LogP contribution in [-0.2, 0) is 10.0 Å². The molecule has 0 radical (unpaired) electrons. The molecule has 3 rings (SSSR count). The number of para-hydroxylation sites is 2. The van der Waals surface area contributed by atoms with Crippen molar-refractivity contribution in [2.24, 2.45) is 0 Å². The largest absolute Gasteiger partial charge is 0.494 e. The number of benzene rings is 2. The van der Waals surface area contributed by atoms with E-state index in [1.165, 1.54) is 0 Å². The van der Waals surface area contributed by atoms with Gasteiger partial charge in [-0.2, -0.15) is 4.31 Å². The molecule has 0 spiro atoms. The molecule has 0 saturated carbocycles. The van der Waals surface area contributed by atoms with Gasteiger partial charge in [-0.3, -0.25) is 0 Å². The van der Waals surface area contributed by atoms with E-state index in [-0.39, 0.29) is 0 Å². The van der Waals surface area contributed by atoms with Crippen LogP contribution in [0.1, 0.15) is 25.0 Å². The smallest absolute Gasteiger partial charge is 0.243 e. The van der Waals surface area contributed by atoms with Crippen molar-refractivity contribution in [1.29, 1.82) is 0 Å². The minimum absolute atomic E-state index is 0.328. The lowest BCUT2D eigenvalue weighted by atomic mass is 10.1. The van der Waals surface area contributed by atoms with Gasteiger partial charge >= 0.3 is 0 Å². The van der Waals surface area contributed by atoms with E-state index in [1.807, 2.05) is 58.0 Å². The van der Waals surface area contributed by atoms with Gasteiger partial charge in [0, 0.05) is 32.2 Å². The fraction of sp³-hybridized carbons (Fsp3) is 0.455. The van der Waals surface area contributed by atoms with E-state index in [1.54, 1.807) is 10.4 Å². The van der Waals surface area contributed by atoms with Crippen molar-refractivity contribution in [1.82, 2.24) is 4.31 Å². The zero-order valence-corrected chi connectivity index (χ0v) is 18.5. The summed E-state index contributed by atoms with van der Waals surface area (Å²) in [6.07, 6.45) is 0. The summed E-state index contributed by atoms with van der Waals surface area (Å²) in [4.78, 5) is 2.51.